The van der Waals surface area contributed by atoms with Gasteiger partial charge in [-0.15, -0.1) is 17.9 Å². The van der Waals surface area contributed by atoms with E-state index in [1.54, 1.807) is 6.08 Å². The molecule has 1 heteroatoms. The molecule has 0 aliphatic carbocycles. The topological polar surface area (TPSA) is 0 Å². The van der Waals surface area contributed by atoms with Crippen molar-refractivity contribution in [3.05, 3.63) is 157 Å². The molecule has 0 N–H and O–H groups in total. The van der Waals surface area contributed by atoms with Crippen molar-refractivity contribution in [3.63, 3.8) is 0 Å². The Hall–Kier alpha value is -4.20. The number of fused-ring (bicyclic) bond motifs is 3. The largest absolute Gasteiger partial charge is 0.135 e. The molecule has 5 aromatic carbocycles. The summed E-state index contributed by atoms with van der Waals surface area (Å²) in [6, 6.07) is 43.2. The number of hydrogen-bond donors (Lipinski definition) is 0. The summed E-state index contributed by atoms with van der Waals surface area (Å²) in [6.45, 7) is 13.4. The van der Waals surface area contributed by atoms with Crippen molar-refractivity contribution in [3.8, 4) is 22.3 Å². The van der Waals surface area contributed by atoms with Gasteiger partial charge in [-0.2, -0.15) is 0 Å². The van der Waals surface area contributed by atoms with Crippen LogP contribution in [0.4, 0.5) is 0 Å². The fourth-order valence-electron chi connectivity index (χ4n) is 4.46. The highest BCUT2D eigenvalue weighted by Gasteiger charge is 2.05. The van der Waals surface area contributed by atoms with Gasteiger partial charge < -0.3 is 0 Å². The van der Waals surface area contributed by atoms with Crippen LogP contribution < -0.4 is 0 Å². The van der Waals surface area contributed by atoms with Gasteiger partial charge in [0.2, 0.25) is 0 Å². The maximum atomic E-state index is 3.98. The fraction of sp³-hybridized carbons (Fsp3) is 0.105. The minimum Gasteiger partial charge on any atom is -0.135 e. The molecule has 0 unspecified atom stereocenters. The van der Waals surface area contributed by atoms with Crippen LogP contribution in [0.3, 0.4) is 0 Å². The highest BCUT2D eigenvalue weighted by atomic mass is 32.1. The Labute approximate surface area is 237 Å². The Kier molecular flexibility index (Phi) is 9.67. The average Bonchev–Trinajstić information content (AvgIpc) is 3.33. The van der Waals surface area contributed by atoms with Crippen molar-refractivity contribution in [2.75, 3.05) is 0 Å². The Morgan fingerprint density at radius 2 is 1.13 bits per heavy atom. The second-order valence-corrected chi connectivity index (χ2v) is 10.9. The molecular weight excluding hydrogens is 488 g/mol. The van der Waals surface area contributed by atoms with Crippen molar-refractivity contribution in [1.29, 1.82) is 0 Å². The molecule has 0 saturated heterocycles. The minimum absolute atomic E-state index is 0.972. The summed E-state index contributed by atoms with van der Waals surface area (Å²) in [5, 5.41) is 2.75. The van der Waals surface area contributed by atoms with E-state index in [1.165, 1.54) is 59.1 Å². The average molecular weight is 525 g/mol. The highest BCUT2D eigenvalue weighted by Crippen LogP contribution is 2.34. The fourth-order valence-corrected chi connectivity index (χ4v) is 5.55. The third kappa shape index (κ3) is 7.44. The van der Waals surface area contributed by atoms with E-state index in [2.05, 4.69) is 142 Å². The van der Waals surface area contributed by atoms with Gasteiger partial charge in [0.25, 0.3) is 0 Å². The van der Waals surface area contributed by atoms with E-state index in [4.69, 9.17) is 0 Å². The summed E-state index contributed by atoms with van der Waals surface area (Å²) in [6.07, 6.45) is 2.72. The summed E-state index contributed by atoms with van der Waals surface area (Å²) in [5.41, 5.74) is 8.92. The first-order chi connectivity index (χ1) is 19.0. The number of rotatable bonds is 4. The zero-order valence-corrected chi connectivity index (χ0v) is 24.0. The molecule has 1 aromatic heterocycles. The van der Waals surface area contributed by atoms with E-state index < -0.39 is 0 Å². The monoisotopic (exact) mass is 524 g/mol. The Balaban J connectivity index is 0.000000165. The Bertz CT molecular complexity index is 1650. The Morgan fingerprint density at radius 1 is 0.641 bits per heavy atom. The number of benzene rings is 5. The molecule has 0 atom stereocenters. The predicted molar refractivity (Wildman–Crippen MR) is 176 cm³/mol. The van der Waals surface area contributed by atoms with Crippen LogP contribution in [0.25, 0.3) is 42.4 Å². The highest BCUT2D eigenvalue weighted by molar-refractivity contribution is 7.25. The molecular formula is C38H36S. The minimum atomic E-state index is 0.972. The van der Waals surface area contributed by atoms with Crippen LogP contribution in [0, 0.1) is 6.92 Å². The van der Waals surface area contributed by atoms with Crippen molar-refractivity contribution in [2.45, 2.75) is 27.2 Å². The smallest absolute Gasteiger partial charge is 0.0355 e. The summed E-state index contributed by atoms with van der Waals surface area (Å²) in [7, 11) is 0. The van der Waals surface area contributed by atoms with Gasteiger partial charge in [-0.1, -0.05) is 127 Å². The first-order valence-electron chi connectivity index (χ1n) is 13.3. The van der Waals surface area contributed by atoms with E-state index in [-0.39, 0.29) is 0 Å². The molecule has 0 saturated carbocycles. The summed E-state index contributed by atoms with van der Waals surface area (Å²) in [4.78, 5) is 0. The van der Waals surface area contributed by atoms with Crippen LogP contribution in [0.2, 0.25) is 0 Å². The van der Waals surface area contributed by atoms with Crippen molar-refractivity contribution >= 4 is 31.5 Å². The molecule has 0 spiro atoms. The molecule has 0 fully saturated rings. The van der Waals surface area contributed by atoms with Gasteiger partial charge >= 0.3 is 0 Å². The zero-order valence-electron chi connectivity index (χ0n) is 23.2. The standard InChI is InChI=1S/C19H16.C16H14S.C3H6/c1-15-7-9-17(10-8-15)19-13-11-18(12-14-19)16-5-3-2-4-6-16;1-11(2)9-12-7-8-16-14(10-12)13-5-3-4-6-15(13)17-16;1-3-2/h2-14H,1H3;3-8,10H,1,9H2,2H3;3H,1H2,2H3. The molecule has 0 nitrogen and oxygen atoms in total. The molecule has 194 valence electrons. The van der Waals surface area contributed by atoms with Gasteiger partial charge in [0.1, 0.15) is 0 Å². The second-order valence-electron chi connectivity index (χ2n) is 9.78. The van der Waals surface area contributed by atoms with E-state index in [1.807, 2.05) is 24.3 Å². The Morgan fingerprint density at radius 3 is 1.72 bits per heavy atom. The van der Waals surface area contributed by atoms with E-state index in [0.29, 0.717) is 0 Å². The third-order valence-corrected chi connectivity index (χ3v) is 7.48. The quantitative estimate of drug-likeness (QED) is 0.201. The molecule has 0 amide bonds. The lowest BCUT2D eigenvalue weighted by molar-refractivity contribution is 1.16. The van der Waals surface area contributed by atoms with Gasteiger partial charge in [-0.05, 0) is 73.2 Å². The van der Waals surface area contributed by atoms with Crippen LogP contribution in [0.1, 0.15) is 25.0 Å². The van der Waals surface area contributed by atoms with Crippen LogP contribution in [0.15, 0.2) is 146 Å². The molecule has 0 bridgehead atoms. The predicted octanol–water partition coefficient (Wildman–Crippen LogP) is 11.7. The number of hydrogen-bond acceptors (Lipinski definition) is 1. The molecule has 1 heterocycles. The molecule has 6 aromatic rings. The molecule has 0 aliphatic heterocycles. The van der Waals surface area contributed by atoms with Gasteiger partial charge in [0.05, 0.1) is 0 Å². The van der Waals surface area contributed by atoms with Gasteiger partial charge in [0.15, 0.2) is 0 Å². The van der Waals surface area contributed by atoms with E-state index in [0.717, 1.165) is 6.42 Å². The van der Waals surface area contributed by atoms with Gasteiger partial charge in [0, 0.05) is 20.2 Å². The molecule has 0 aliphatic rings. The zero-order chi connectivity index (χ0) is 27.6. The first kappa shape index (κ1) is 27.8. The number of thiophene rings is 1. The first-order valence-corrected chi connectivity index (χ1v) is 14.1. The van der Waals surface area contributed by atoms with Crippen molar-refractivity contribution < 1.29 is 0 Å². The van der Waals surface area contributed by atoms with Crippen molar-refractivity contribution in [2.24, 2.45) is 0 Å². The lowest BCUT2D eigenvalue weighted by Crippen LogP contribution is -1.84. The van der Waals surface area contributed by atoms with E-state index >= 15 is 0 Å². The summed E-state index contributed by atoms with van der Waals surface area (Å²) >= 11 is 1.87. The third-order valence-electron chi connectivity index (χ3n) is 6.32. The summed E-state index contributed by atoms with van der Waals surface area (Å²) in [5.74, 6) is 0. The molecule has 0 radical (unpaired) electrons. The normalized spacial score (nSPS) is 10.2. The maximum absolute atomic E-state index is 3.98. The van der Waals surface area contributed by atoms with Crippen LogP contribution >= 0.6 is 11.3 Å². The number of allylic oxidation sites excluding steroid dienone is 2. The number of aryl methyl sites for hydroxylation is 1. The van der Waals surface area contributed by atoms with Gasteiger partial charge in [-0.25, -0.2) is 0 Å². The van der Waals surface area contributed by atoms with Crippen LogP contribution in [0.5, 0.6) is 0 Å². The molecule has 6 rings (SSSR count). The SMILES string of the molecule is C=C(C)Cc1ccc2sc3ccccc3c2c1.C=CC.Cc1ccc(-c2ccc(-c3ccccc3)cc2)cc1. The van der Waals surface area contributed by atoms with Crippen LogP contribution in [-0.4, -0.2) is 0 Å². The molecule has 39 heavy (non-hydrogen) atoms. The lowest BCUT2D eigenvalue weighted by atomic mass is 10.00. The summed E-state index contributed by atoms with van der Waals surface area (Å²) < 4.78 is 2.74. The lowest BCUT2D eigenvalue weighted by Gasteiger charge is -2.05. The van der Waals surface area contributed by atoms with Gasteiger partial charge in [-0.3, -0.25) is 0 Å². The van der Waals surface area contributed by atoms with Crippen LogP contribution in [-0.2, 0) is 6.42 Å². The van der Waals surface area contributed by atoms with E-state index in [9.17, 15) is 0 Å². The second kappa shape index (κ2) is 13.6. The maximum Gasteiger partial charge on any atom is 0.0355 e. The van der Waals surface area contributed by atoms with Crippen molar-refractivity contribution in [1.82, 2.24) is 0 Å².